The molecule has 170 valence electrons. The van der Waals surface area contributed by atoms with Crippen LogP contribution in [0.5, 0.6) is 5.75 Å². The summed E-state index contributed by atoms with van der Waals surface area (Å²) in [6.45, 7) is 0.468. The number of esters is 1. The van der Waals surface area contributed by atoms with Gasteiger partial charge in [-0.05, 0) is 54.5 Å². The van der Waals surface area contributed by atoms with Gasteiger partial charge in [-0.1, -0.05) is 42.5 Å². The monoisotopic (exact) mass is 463 g/mol. The Labute approximate surface area is 196 Å². The number of anilines is 1. The molecule has 0 aliphatic heterocycles. The number of carbonyl (C=O) groups excluding carboxylic acids is 2. The van der Waals surface area contributed by atoms with E-state index >= 15 is 0 Å². The Morgan fingerprint density at radius 1 is 1.09 bits per heavy atom. The molecule has 0 atom stereocenters. The van der Waals surface area contributed by atoms with Crippen molar-refractivity contribution < 1.29 is 19.1 Å². The van der Waals surface area contributed by atoms with E-state index in [2.05, 4.69) is 15.8 Å². The molecule has 33 heavy (non-hydrogen) atoms. The third kappa shape index (κ3) is 5.78. The molecule has 2 amide bonds. The van der Waals surface area contributed by atoms with Crippen LogP contribution in [0.2, 0.25) is 0 Å². The molecule has 1 heterocycles. The van der Waals surface area contributed by atoms with E-state index in [4.69, 9.17) is 9.47 Å². The fraction of sp³-hybridized carbons (Fsp3) is 0.240. The number of nitrogens with one attached hydrogen (secondary N) is 2. The summed E-state index contributed by atoms with van der Waals surface area (Å²) >= 11 is 1.43. The fourth-order valence-corrected chi connectivity index (χ4v) is 4.97. The Bertz CT molecular complexity index is 1160. The number of hydrogen-bond acceptors (Lipinski definition) is 6. The molecular weight excluding hydrogens is 438 g/mol. The Hall–Kier alpha value is -3.65. The average Bonchev–Trinajstić information content (AvgIpc) is 3.21. The van der Waals surface area contributed by atoms with E-state index in [0.717, 1.165) is 47.3 Å². The largest absolute Gasteiger partial charge is 0.489 e. The maximum Gasteiger partial charge on any atom is 0.341 e. The highest BCUT2D eigenvalue weighted by molar-refractivity contribution is 7.17. The summed E-state index contributed by atoms with van der Waals surface area (Å²) in [4.78, 5) is 25.8. The maximum atomic E-state index is 12.4. The van der Waals surface area contributed by atoms with Crippen LogP contribution in [-0.4, -0.2) is 25.3 Å². The Morgan fingerprint density at radius 2 is 1.91 bits per heavy atom. The zero-order valence-corrected chi connectivity index (χ0v) is 19.1. The number of ether oxygens (including phenoxy) is 2. The van der Waals surface area contributed by atoms with Gasteiger partial charge < -0.3 is 9.47 Å². The quantitative estimate of drug-likeness (QED) is 0.288. The van der Waals surface area contributed by atoms with Crippen LogP contribution < -0.4 is 15.5 Å². The first kappa shape index (κ1) is 22.5. The number of amides is 2. The summed E-state index contributed by atoms with van der Waals surface area (Å²) in [7, 11) is 1.35. The van der Waals surface area contributed by atoms with E-state index < -0.39 is 12.0 Å². The van der Waals surface area contributed by atoms with Gasteiger partial charge in [0.2, 0.25) is 0 Å². The molecule has 0 radical (unpaired) electrons. The van der Waals surface area contributed by atoms with Crippen LogP contribution in [0.4, 0.5) is 9.80 Å². The van der Waals surface area contributed by atoms with Gasteiger partial charge in [0.05, 0.1) is 18.9 Å². The highest BCUT2D eigenvalue weighted by Gasteiger charge is 2.26. The van der Waals surface area contributed by atoms with Gasteiger partial charge in [0.25, 0.3) is 0 Å². The molecule has 1 aliphatic rings. The minimum atomic E-state index is -0.522. The summed E-state index contributed by atoms with van der Waals surface area (Å²) in [5, 5.41) is 7.27. The number of methoxy groups -OCH3 is 1. The van der Waals surface area contributed by atoms with Crippen molar-refractivity contribution >= 4 is 34.6 Å². The molecule has 0 unspecified atom stereocenters. The topological polar surface area (TPSA) is 89.0 Å². The SMILES string of the molecule is COC(=O)c1c(NC(=O)NN=Cc2cccc(OCc3ccccc3)c2)sc2c1CCCC2. The number of rotatable bonds is 7. The van der Waals surface area contributed by atoms with E-state index in [-0.39, 0.29) is 0 Å². The van der Waals surface area contributed by atoms with E-state index in [1.54, 1.807) is 0 Å². The smallest absolute Gasteiger partial charge is 0.341 e. The number of benzene rings is 2. The van der Waals surface area contributed by atoms with Crippen molar-refractivity contribution in [2.24, 2.45) is 5.10 Å². The molecule has 7 nitrogen and oxygen atoms in total. The van der Waals surface area contributed by atoms with Crippen LogP contribution in [0.3, 0.4) is 0 Å². The highest BCUT2D eigenvalue weighted by Crippen LogP contribution is 2.38. The van der Waals surface area contributed by atoms with Crippen molar-refractivity contribution in [3.05, 3.63) is 81.7 Å². The summed E-state index contributed by atoms with van der Waals surface area (Å²) in [6.07, 6.45) is 5.38. The van der Waals surface area contributed by atoms with Crippen molar-refractivity contribution in [1.82, 2.24) is 5.43 Å². The van der Waals surface area contributed by atoms with Gasteiger partial charge in [0, 0.05) is 4.88 Å². The summed E-state index contributed by atoms with van der Waals surface area (Å²) in [6, 6.07) is 16.8. The number of nitrogens with zero attached hydrogens (tertiary/aromatic N) is 1. The van der Waals surface area contributed by atoms with Gasteiger partial charge in [0.15, 0.2) is 0 Å². The second-order valence-electron chi connectivity index (χ2n) is 7.58. The lowest BCUT2D eigenvalue weighted by Crippen LogP contribution is -2.24. The molecule has 4 rings (SSSR count). The number of hydrazone groups is 1. The fourth-order valence-electron chi connectivity index (χ4n) is 3.69. The minimum Gasteiger partial charge on any atom is -0.489 e. The molecule has 0 spiro atoms. The number of carbonyl (C=O) groups is 2. The third-order valence-corrected chi connectivity index (χ3v) is 6.48. The van der Waals surface area contributed by atoms with Crippen LogP contribution in [0, 0.1) is 0 Å². The first-order chi connectivity index (χ1) is 16.1. The van der Waals surface area contributed by atoms with E-state index in [1.165, 1.54) is 24.7 Å². The van der Waals surface area contributed by atoms with Crippen LogP contribution >= 0.6 is 11.3 Å². The van der Waals surface area contributed by atoms with Crippen molar-refractivity contribution in [3.63, 3.8) is 0 Å². The lowest BCUT2D eigenvalue weighted by Gasteiger charge is -2.11. The number of aryl methyl sites for hydroxylation is 1. The minimum absolute atomic E-state index is 0.430. The van der Waals surface area contributed by atoms with Crippen LogP contribution in [0.25, 0.3) is 0 Å². The van der Waals surface area contributed by atoms with Crippen molar-refractivity contribution in [3.8, 4) is 5.75 Å². The summed E-state index contributed by atoms with van der Waals surface area (Å²) in [5.41, 5.74) is 5.76. The number of urea groups is 1. The molecule has 0 saturated carbocycles. The van der Waals surface area contributed by atoms with Gasteiger partial charge in [-0.15, -0.1) is 11.3 Å². The molecule has 0 bridgehead atoms. The molecule has 2 aromatic carbocycles. The van der Waals surface area contributed by atoms with Gasteiger partial charge in [-0.2, -0.15) is 5.10 Å². The Morgan fingerprint density at radius 3 is 2.73 bits per heavy atom. The predicted molar refractivity (Wildman–Crippen MR) is 129 cm³/mol. The van der Waals surface area contributed by atoms with Gasteiger partial charge in [-0.3, -0.25) is 5.32 Å². The second kappa shape index (κ2) is 10.8. The third-order valence-electron chi connectivity index (χ3n) is 5.27. The van der Waals surface area contributed by atoms with E-state index in [9.17, 15) is 9.59 Å². The molecule has 8 heteroatoms. The zero-order chi connectivity index (χ0) is 23.0. The van der Waals surface area contributed by atoms with Crippen LogP contribution in [0.1, 0.15) is 44.8 Å². The summed E-state index contributed by atoms with van der Waals surface area (Å²) in [5.74, 6) is 0.277. The van der Waals surface area contributed by atoms with Crippen molar-refractivity contribution in [2.75, 3.05) is 12.4 Å². The molecule has 3 aromatic rings. The van der Waals surface area contributed by atoms with E-state index in [0.29, 0.717) is 22.9 Å². The first-order valence-corrected chi connectivity index (χ1v) is 11.6. The lowest BCUT2D eigenvalue weighted by atomic mass is 9.95. The molecule has 1 aliphatic carbocycles. The van der Waals surface area contributed by atoms with Gasteiger partial charge >= 0.3 is 12.0 Å². The first-order valence-electron chi connectivity index (χ1n) is 10.7. The van der Waals surface area contributed by atoms with Crippen LogP contribution in [-0.2, 0) is 24.2 Å². The second-order valence-corrected chi connectivity index (χ2v) is 8.68. The summed E-state index contributed by atoms with van der Waals surface area (Å²) < 4.78 is 10.8. The normalized spacial score (nSPS) is 12.8. The Balaban J connectivity index is 1.36. The molecule has 1 aromatic heterocycles. The Kier molecular flexibility index (Phi) is 7.36. The molecule has 0 fully saturated rings. The number of thiophene rings is 1. The molecule has 0 saturated heterocycles. The standard InChI is InChI=1S/C25H25N3O4S/c1-31-24(29)22-20-12-5-6-13-21(20)33-23(22)27-25(30)28-26-15-18-10-7-11-19(14-18)32-16-17-8-3-2-4-9-17/h2-4,7-11,14-15H,5-6,12-13,16H2,1H3,(H2,27,28,30). The van der Waals surface area contributed by atoms with Gasteiger partial charge in [-0.25, -0.2) is 15.0 Å². The number of hydrogen-bond donors (Lipinski definition) is 2. The van der Waals surface area contributed by atoms with Crippen molar-refractivity contribution in [2.45, 2.75) is 32.3 Å². The molecule has 2 N–H and O–H groups in total. The zero-order valence-electron chi connectivity index (χ0n) is 18.3. The number of fused-ring (bicyclic) bond motifs is 1. The van der Waals surface area contributed by atoms with Gasteiger partial charge in [0.1, 0.15) is 17.4 Å². The average molecular weight is 464 g/mol. The molecular formula is C25H25N3O4S. The van der Waals surface area contributed by atoms with Crippen LogP contribution in [0.15, 0.2) is 59.7 Å². The maximum absolute atomic E-state index is 12.4. The predicted octanol–water partition coefficient (Wildman–Crippen LogP) is 5.15. The van der Waals surface area contributed by atoms with E-state index in [1.807, 2.05) is 54.6 Å². The van der Waals surface area contributed by atoms with Crippen molar-refractivity contribution in [1.29, 1.82) is 0 Å². The lowest BCUT2D eigenvalue weighted by molar-refractivity contribution is 0.0601. The highest BCUT2D eigenvalue weighted by atomic mass is 32.1.